The molecule has 6 heteroatoms. The van der Waals surface area contributed by atoms with Crippen LogP contribution in [0.25, 0.3) is 0 Å². The Hall–Kier alpha value is -3.02. The molecule has 0 saturated carbocycles. The van der Waals surface area contributed by atoms with Gasteiger partial charge in [-0.05, 0) is 30.3 Å². The summed E-state index contributed by atoms with van der Waals surface area (Å²) in [6.07, 6.45) is 0. The molecule has 0 unspecified atom stereocenters. The number of para-hydroxylation sites is 2. The number of nitrogens with one attached hydrogen (secondary N) is 3. The SMILES string of the molecule is COc1ccccc1NC(=O)CNc1cccc(NC(=O)C(C)C)c1. The molecule has 0 bridgehead atoms. The summed E-state index contributed by atoms with van der Waals surface area (Å²) in [5.41, 5.74) is 2.06. The van der Waals surface area contributed by atoms with Gasteiger partial charge >= 0.3 is 0 Å². The summed E-state index contributed by atoms with van der Waals surface area (Å²) in [5, 5.41) is 8.67. The highest BCUT2D eigenvalue weighted by Crippen LogP contribution is 2.23. The molecule has 2 rings (SSSR count). The Balaban J connectivity index is 1.92. The van der Waals surface area contributed by atoms with E-state index < -0.39 is 0 Å². The fourth-order valence-corrected chi connectivity index (χ4v) is 2.12. The molecular formula is C19H23N3O3. The van der Waals surface area contributed by atoms with E-state index in [1.165, 1.54) is 0 Å². The molecule has 0 aliphatic carbocycles. The minimum absolute atomic E-state index is 0.0499. The first kappa shape index (κ1) is 18.3. The Kier molecular flexibility index (Phi) is 6.39. The lowest BCUT2D eigenvalue weighted by atomic mass is 10.2. The van der Waals surface area contributed by atoms with Crippen LogP contribution in [0.3, 0.4) is 0 Å². The van der Waals surface area contributed by atoms with Gasteiger partial charge in [0.25, 0.3) is 0 Å². The predicted molar refractivity (Wildman–Crippen MR) is 100 cm³/mol. The third kappa shape index (κ3) is 5.53. The van der Waals surface area contributed by atoms with Crippen LogP contribution in [-0.4, -0.2) is 25.5 Å². The van der Waals surface area contributed by atoms with E-state index in [1.54, 1.807) is 31.4 Å². The number of ether oxygens (including phenoxy) is 1. The first-order valence-corrected chi connectivity index (χ1v) is 8.07. The molecule has 0 aliphatic heterocycles. The summed E-state index contributed by atoms with van der Waals surface area (Å²) >= 11 is 0. The Bertz CT molecular complexity index is 744. The van der Waals surface area contributed by atoms with Gasteiger partial charge in [0.15, 0.2) is 0 Å². The lowest BCUT2D eigenvalue weighted by molar-refractivity contribution is -0.119. The van der Waals surface area contributed by atoms with Gasteiger partial charge in [-0.2, -0.15) is 0 Å². The van der Waals surface area contributed by atoms with Crippen molar-refractivity contribution in [3.63, 3.8) is 0 Å². The smallest absolute Gasteiger partial charge is 0.243 e. The molecule has 3 N–H and O–H groups in total. The summed E-state index contributed by atoms with van der Waals surface area (Å²) in [6, 6.07) is 14.5. The van der Waals surface area contributed by atoms with E-state index in [0.29, 0.717) is 17.1 Å². The number of methoxy groups -OCH3 is 1. The zero-order valence-electron chi connectivity index (χ0n) is 14.6. The fourth-order valence-electron chi connectivity index (χ4n) is 2.12. The normalized spacial score (nSPS) is 10.2. The predicted octanol–water partition coefficient (Wildman–Crippen LogP) is 3.34. The second-order valence-corrected chi connectivity index (χ2v) is 5.83. The Morgan fingerprint density at radius 1 is 1.00 bits per heavy atom. The average molecular weight is 341 g/mol. The quantitative estimate of drug-likeness (QED) is 0.722. The van der Waals surface area contributed by atoms with E-state index in [2.05, 4.69) is 16.0 Å². The first-order chi connectivity index (χ1) is 12.0. The van der Waals surface area contributed by atoms with Crippen molar-refractivity contribution in [3.8, 4) is 5.75 Å². The third-order valence-corrected chi connectivity index (χ3v) is 3.49. The Morgan fingerprint density at radius 2 is 1.72 bits per heavy atom. The summed E-state index contributed by atoms with van der Waals surface area (Å²) in [5.74, 6) is 0.268. The maximum absolute atomic E-state index is 12.1. The average Bonchev–Trinajstić information content (AvgIpc) is 2.60. The fraction of sp³-hybridized carbons (Fsp3) is 0.263. The van der Waals surface area contributed by atoms with Crippen LogP contribution >= 0.6 is 0 Å². The van der Waals surface area contributed by atoms with Crippen LogP contribution in [0.15, 0.2) is 48.5 Å². The first-order valence-electron chi connectivity index (χ1n) is 8.07. The van der Waals surface area contributed by atoms with Crippen molar-refractivity contribution in [3.05, 3.63) is 48.5 Å². The molecule has 132 valence electrons. The number of amides is 2. The zero-order chi connectivity index (χ0) is 18.2. The van der Waals surface area contributed by atoms with Crippen LogP contribution < -0.4 is 20.7 Å². The van der Waals surface area contributed by atoms with Crippen molar-refractivity contribution in [1.29, 1.82) is 0 Å². The van der Waals surface area contributed by atoms with Crippen molar-refractivity contribution < 1.29 is 14.3 Å². The highest BCUT2D eigenvalue weighted by molar-refractivity contribution is 5.95. The van der Waals surface area contributed by atoms with E-state index in [0.717, 1.165) is 5.69 Å². The summed E-state index contributed by atoms with van der Waals surface area (Å²) in [6.45, 7) is 3.76. The zero-order valence-corrected chi connectivity index (χ0v) is 14.6. The summed E-state index contributed by atoms with van der Waals surface area (Å²) in [4.78, 5) is 23.9. The second-order valence-electron chi connectivity index (χ2n) is 5.83. The number of hydrogen-bond acceptors (Lipinski definition) is 4. The van der Waals surface area contributed by atoms with Gasteiger partial charge in [0.2, 0.25) is 11.8 Å². The summed E-state index contributed by atoms with van der Waals surface area (Å²) in [7, 11) is 1.56. The number of benzene rings is 2. The summed E-state index contributed by atoms with van der Waals surface area (Å²) < 4.78 is 5.21. The van der Waals surface area contributed by atoms with Crippen LogP contribution in [0.4, 0.5) is 17.1 Å². The Morgan fingerprint density at radius 3 is 2.44 bits per heavy atom. The molecule has 2 aromatic rings. The third-order valence-electron chi connectivity index (χ3n) is 3.49. The molecule has 0 heterocycles. The van der Waals surface area contributed by atoms with Crippen LogP contribution in [0.1, 0.15) is 13.8 Å². The van der Waals surface area contributed by atoms with Crippen molar-refractivity contribution in [2.45, 2.75) is 13.8 Å². The number of carbonyl (C=O) groups is 2. The van der Waals surface area contributed by atoms with Gasteiger partial charge in [-0.3, -0.25) is 9.59 Å². The molecule has 0 radical (unpaired) electrons. The Labute approximate surface area is 147 Å². The molecule has 6 nitrogen and oxygen atoms in total. The molecule has 0 fully saturated rings. The lowest BCUT2D eigenvalue weighted by Crippen LogP contribution is -2.22. The van der Waals surface area contributed by atoms with Gasteiger partial charge in [0.1, 0.15) is 5.75 Å². The van der Waals surface area contributed by atoms with E-state index in [1.807, 2.05) is 38.1 Å². The van der Waals surface area contributed by atoms with E-state index in [9.17, 15) is 9.59 Å². The molecule has 0 atom stereocenters. The van der Waals surface area contributed by atoms with Crippen LogP contribution in [0.2, 0.25) is 0 Å². The van der Waals surface area contributed by atoms with E-state index in [-0.39, 0.29) is 24.3 Å². The van der Waals surface area contributed by atoms with Crippen LogP contribution in [0, 0.1) is 5.92 Å². The van der Waals surface area contributed by atoms with Crippen LogP contribution in [0.5, 0.6) is 5.75 Å². The van der Waals surface area contributed by atoms with Crippen molar-refractivity contribution in [1.82, 2.24) is 0 Å². The van der Waals surface area contributed by atoms with Gasteiger partial charge in [0.05, 0.1) is 19.3 Å². The molecular weight excluding hydrogens is 318 g/mol. The van der Waals surface area contributed by atoms with Gasteiger partial charge in [0, 0.05) is 17.3 Å². The van der Waals surface area contributed by atoms with Gasteiger partial charge in [-0.1, -0.05) is 32.0 Å². The molecule has 2 aromatic carbocycles. The highest BCUT2D eigenvalue weighted by atomic mass is 16.5. The molecule has 0 saturated heterocycles. The molecule has 0 spiro atoms. The minimum Gasteiger partial charge on any atom is -0.495 e. The molecule has 0 aliphatic rings. The lowest BCUT2D eigenvalue weighted by Gasteiger charge is -2.12. The highest BCUT2D eigenvalue weighted by Gasteiger charge is 2.09. The van der Waals surface area contributed by atoms with Crippen molar-refractivity contribution >= 4 is 28.9 Å². The minimum atomic E-state index is -0.193. The molecule has 25 heavy (non-hydrogen) atoms. The molecule has 2 amide bonds. The second kappa shape index (κ2) is 8.73. The van der Waals surface area contributed by atoms with Crippen molar-refractivity contribution in [2.75, 3.05) is 29.6 Å². The largest absolute Gasteiger partial charge is 0.495 e. The van der Waals surface area contributed by atoms with Gasteiger partial charge in [-0.15, -0.1) is 0 Å². The maximum Gasteiger partial charge on any atom is 0.243 e. The number of rotatable bonds is 7. The van der Waals surface area contributed by atoms with E-state index in [4.69, 9.17) is 4.74 Å². The number of carbonyl (C=O) groups excluding carboxylic acids is 2. The monoisotopic (exact) mass is 341 g/mol. The van der Waals surface area contributed by atoms with Gasteiger partial charge in [-0.25, -0.2) is 0 Å². The number of anilines is 3. The van der Waals surface area contributed by atoms with E-state index >= 15 is 0 Å². The van der Waals surface area contributed by atoms with Crippen molar-refractivity contribution in [2.24, 2.45) is 5.92 Å². The van der Waals surface area contributed by atoms with Crippen LogP contribution in [-0.2, 0) is 9.59 Å². The number of hydrogen-bond donors (Lipinski definition) is 3. The maximum atomic E-state index is 12.1. The topological polar surface area (TPSA) is 79.5 Å². The van der Waals surface area contributed by atoms with Gasteiger partial charge < -0.3 is 20.7 Å². The standard InChI is InChI=1S/C19H23N3O3/c1-13(2)19(24)21-15-8-6-7-14(11-15)20-12-18(23)22-16-9-4-5-10-17(16)25-3/h4-11,13,20H,12H2,1-3H3,(H,21,24)(H,22,23). The molecule has 0 aromatic heterocycles.